The van der Waals surface area contributed by atoms with Gasteiger partial charge in [-0.15, -0.1) is 0 Å². The molecule has 2 aliphatic rings. The number of carbonyl (C=O) groups excluding carboxylic acids is 4. The summed E-state index contributed by atoms with van der Waals surface area (Å²) in [4.78, 5) is 71.8. The molecular formula is C46H56N8O6. The van der Waals surface area contributed by atoms with E-state index in [-0.39, 0.29) is 41.8 Å². The Balaban J connectivity index is 1.04. The van der Waals surface area contributed by atoms with Gasteiger partial charge in [-0.3, -0.25) is 9.59 Å². The molecule has 3 aromatic carbocycles. The molecule has 0 spiro atoms. The first-order valence-electron chi connectivity index (χ1n) is 21.0. The predicted molar refractivity (Wildman–Crippen MR) is 229 cm³/mol. The molecular weight excluding hydrogens is 761 g/mol. The van der Waals surface area contributed by atoms with Gasteiger partial charge in [0.15, 0.2) is 0 Å². The Morgan fingerprint density at radius 1 is 0.683 bits per heavy atom. The lowest BCUT2D eigenvalue weighted by Crippen LogP contribution is -2.53. The number of ether oxygens (including phenoxy) is 2. The van der Waals surface area contributed by atoms with Crippen LogP contribution in [0.5, 0.6) is 0 Å². The van der Waals surface area contributed by atoms with E-state index in [1.807, 2.05) is 49.9 Å². The number of aromatic nitrogens is 4. The molecule has 316 valence electrons. The number of amides is 4. The first-order valence-corrected chi connectivity index (χ1v) is 21.0. The summed E-state index contributed by atoms with van der Waals surface area (Å²) in [6.07, 6.45) is 6.49. The summed E-state index contributed by atoms with van der Waals surface area (Å²) in [6.45, 7) is 10.3. The van der Waals surface area contributed by atoms with Crippen molar-refractivity contribution in [3.8, 4) is 33.6 Å². The van der Waals surface area contributed by atoms with Crippen LogP contribution in [-0.4, -0.2) is 92.6 Å². The van der Waals surface area contributed by atoms with Gasteiger partial charge in [-0.05, 0) is 83.5 Å². The molecule has 4 heterocycles. The van der Waals surface area contributed by atoms with Crippen molar-refractivity contribution in [3.05, 3.63) is 84.7 Å². The average Bonchev–Trinajstić information content (AvgIpc) is 4.10. The largest absolute Gasteiger partial charge is 0.453 e. The first-order chi connectivity index (χ1) is 28.9. The van der Waals surface area contributed by atoms with Gasteiger partial charge in [0.25, 0.3) is 0 Å². The molecule has 0 aliphatic carbocycles. The highest BCUT2D eigenvalue weighted by Gasteiger charge is 2.42. The second-order valence-corrected chi connectivity index (χ2v) is 16.5. The molecule has 0 saturated carbocycles. The Bertz CT molecular complexity index is 2330. The molecule has 7 rings (SSSR count). The minimum absolute atomic E-state index is 0.0531. The number of nitrogens with zero attached hydrogens (tertiary/aromatic N) is 4. The minimum Gasteiger partial charge on any atom is -0.453 e. The molecule has 2 aromatic heterocycles. The number of nitrogens with one attached hydrogen (secondary N) is 4. The number of hydrogen-bond donors (Lipinski definition) is 4. The first kappa shape index (κ1) is 42.0. The number of carbonyl (C=O) groups is 4. The number of imidazole rings is 2. The smallest absolute Gasteiger partial charge is 0.407 e. The van der Waals surface area contributed by atoms with E-state index >= 15 is 0 Å². The Labute approximate surface area is 350 Å². The predicted octanol–water partition coefficient (Wildman–Crippen LogP) is 8.15. The maximum Gasteiger partial charge on any atom is 0.407 e. The number of methoxy groups -OCH3 is 2. The lowest BCUT2D eigenvalue weighted by atomic mass is 9.98. The van der Waals surface area contributed by atoms with Gasteiger partial charge in [0.1, 0.15) is 23.7 Å². The Morgan fingerprint density at radius 2 is 1.20 bits per heavy atom. The molecule has 0 bridgehead atoms. The molecule has 60 heavy (non-hydrogen) atoms. The summed E-state index contributed by atoms with van der Waals surface area (Å²) in [6, 6.07) is 19.4. The monoisotopic (exact) mass is 816 g/mol. The van der Waals surface area contributed by atoms with Crippen LogP contribution in [0.4, 0.5) is 9.59 Å². The van der Waals surface area contributed by atoms with E-state index < -0.39 is 24.3 Å². The Hall–Kier alpha value is -6.18. The van der Waals surface area contributed by atoms with Crippen LogP contribution in [0.15, 0.2) is 73.1 Å². The second kappa shape index (κ2) is 18.0. The van der Waals surface area contributed by atoms with Crippen LogP contribution in [0, 0.1) is 11.8 Å². The van der Waals surface area contributed by atoms with E-state index in [4.69, 9.17) is 19.4 Å². The Kier molecular flexibility index (Phi) is 12.6. The van der Waals surface area contributed by atoms with E-state index in [1.54, 1.807) is 0 Å². The highest BCUT2D eigenvalue weighted by Crippen LogP contribution is 2.39. The number of fused-ring (bicyclic) bond motifs is 1. The lowest BCUT2D eigenvalue weighted by Gasteiger charge is -2.34. The van der Waals surface area contributed by atoms with Crippen LogP contribution in [0.25, 0.3) is 44.4 Å². The molecule has 4 N–H and O–H groups in total. The van der Waals surface area contributed by atoms with Crippen molar-refractivity contribution in [2.24, 2.45) is 11.8 Å². The number of benzene rings is 3. The molecule has 2 fully saturated rings. The van der Waals surface area contributed by atoms with E-state index in [0.717, 1.165) is 88.2 Å². The standard InChI is InChI=1S/C46H56N8O6/c1-8-34-19-20-38(54(34)44(56)40(27(4)5)52-46(58)60-7)42-48-24-35(49-42)29-13-11-28(12-14-29)30-15-16-32-23-33(18-17-31(32)22-30)36-25-47-41(50-36)37-10-9-21-53(37)43(55)39(26(2)3)51-45(57)59-6/h11-18,22-27,34,37-40H,8-10,19-21H2,1-7H3,(H,47,50)(H,48,49)(H,51,57)(H,52,58)/t34?,37-,38?,39-,40-/m0/s1. The quantitative estimate of drug-likeness (QED) is 0.0976. The van der Waals surface area contributed by atoms with Crippen LogP contribution in [0.3, 0.4) is 0 Å². The fraction of sp³-hybridized carbons (Fsp3) is 0.435. The summed E-state index contributed by atoms with van der Waals surface area (Å²) >= 11 is 0. The number of rotatable bonds is 12. The molecule has 2 aliphatic heterocycles. The number of aromatic amines is 2. The molecule has 2 saturated heterocycles. The van der Waals surface area contributed by atoms with Crippen molar-refractivity contribution in [2.75, 3.05) is 20.8 Å². The number of H-pyrrole nitrogens is 2. The molecule has 14 heteroatoms. The van der Waals surface area contributed by atoms with Gasteiger partial charge in [-0.2, -0.15) is 0 Å². The zero-order chi connectivity index (χ0) is 42.7. The van der Waals surface area contributed by atoms with E-state index in [2.05, 4.69) is 88.2 Å². The van der Waals surface area contributed by atoms with Gasteiger partial charge in [0, 0.05) is 18.2 Å². The molecule has 5 atom stereocenters. The number of alkyl carbamates (subject to hydrolysis) is 2. The topological polar surface area (TPSA) is 175 Å². The number of likely N-dealkylation sites (tertiary alicyclic amines) is 2. The van der Waals surface area contributed by atoms with Crippen LogP contribution >= 0.6 is 0 Å². The summed E-state index contributed by atoms with van der Waals surface area (Å²) < 4.78 is 9.59. The molecule has 0 radical (unpaired) electrons. The van der Waals surface area contributed by atoms with Gasteiger partial charge in [-0.1, -0.05) is 83.1 Å². The average molecular weight is 817 g/mol. The van der Waals surface area contributed by atoms with Gasteiger partial charge in [0.05, 0.1) is 50.1 Å². The maximum absolute atomic E-state index is 13.9. The minimum atomic E-state index is -0.701. The van der Waals surface area contributed by atoms with Crippen molar-refractivity contribution >= 4 is 34.8 Å². The third-order valence-electron chi connectivity index (χ3n) is 12.0. The van der Waals surface area contributed by atoms with Crippen molar-refractivity contribution in [1.82, 2.24) is 40.4 Å². The summed E-state index contributed by atoms with van der Waals surface area (Å²) in [5, 5.41) is 7.64. The lowest BCUT2D eigenvalue weighted by molar-refractivity contribution is -0.138. The van der Waals surface area contributed by atoms with Gasteiger partial charge < -0.3 is 39.9 Å². The van der Waals surface area contributed by atoms with Gasteiger partial charge >= 0.3 is 12.2 Å². The molecule has 14 nitrogen and oxygen atoms in total. The van der Waals surface area contributed by atoms with Crippen LogP contribution in [0.2, 0.25) is 0 Å². The zero-order valence-corrected chi connectivity index (χ0v) is 35.5. The molecule has 4 amide bonds. The summed E-state index contributed by atoms with van der Waals surface area (Å²) in [5.41, 5.74) is 5.89. The molecule has 2 unspecified atom stereocenters. The molecule has 5 aromatic rings. The van der Waals surface area contributed by atoms with Crippen molar-refractivity contribution < 1.29 is 28.7 Å². The maximum atomic E-state index is 13.9. The zero-order valence-electron chi connectivity index (χ0n) is 35.5. The van der Waals surface area contributed by atoms with E-state index in [0.29, 0.717) is 6.54 Å². The summed E-state index contributed by atoms with van der Waals surface area (Å²) in [7, 11) is 2.59. The van der Waals surface area contributed by atoms with Crippen LogP contribution < -0.4 is 10.6 Å². The van der Waals surface area contributed by atoms with E-state index in [9.17, 15) is 19.2 Å². The van der Waals surface area contributed by atoms with Crippen molar-refractivity contribution in [2.45, 2.75) is 96.9 Å². The fourth-order valence-electron chi connectivity index (χ4n) is 8.68. The highest BCUT2D eigenvalue weighted by molar-refractivity contribution is 5.91. The summed E-state index contributed by atoms with van der Waals surface area (Å²) in [5.74, 6) is 0.983. The van der Waals surface area contributed by atoms with Gasteiger partial charge in [0.2, 0.25) is 11.8 Å². The van der Waals surface area contributed by atoms with Crippen molar-refractivity contribution in [1.29, 1.82) is 0 Å². The SMILES string of the molecule is CCC1CCC(c2ncc(-c3ccc(-c4ccc5cc(-c6cnc([C@@H]7CCCN7C(=O)[C@@H](NC(=O)OC)C(C)C)[nH]6)ccc5c4)cc3)[nH]2)N1C(=O)[C@@H](NC(=O)OC)C(C)C. The van der Waals surface area contributed by atoms with Gasteiger partial charge in [-0.25, -0.2) is 19.6 Å². The number of hydrogen-bond acceptors (Lipinski definition) is 8. The second-order valence-electron chi connectivity index (χ2n) is 16.5. The highest BCUT2D eigenvalue weighted by atomic mass is 16.5. The van der Waals surface area contributed by atoms with Crippen LogP contribution in [0.1, 0.15) is 90.5 Å². The third kappa shape index (κ3) is 8.59. The normalized spacial score (nSPS) is 18.9. The van der Waals surface area contributed by atoms with Crippen LogP contribution in [-0.2, 0) is 19.1 Å². The Morgan fingerprint density at radius 3 is 1.78 bits per heavy atom. The third-order valence-corrected chi connectivity index (χ3v) is 12.0. The van der Waals surface area contributed by atoms with E-state index in [1.165, 1.54) is 14.2 Å². The fourth-order valence-corrected chi connectivity index (χ4v) is 8.68. The van der Waals surface area contributed by atoms with Crippen molar-refractivity contribution in [3.63, 3.8) is 0 Å².